The molecule has 70 valence electrons. The Balaban J connectivity index is 2.64. The molecule has 0 saturated carbocycles. The van der Waals surface area contributed by atoms with Crippen molar-refractivity contribution >= 4 is 15.9 Å². The number of halogens is 1. The highest BCUT2D eigenvalue weighted by molar-refractivity contribution is 9.10. The van der Waals surface area contributed by atoms with Crippen LogP contribution in [0, 0.1) is 0 Å². The summed E-state index contributed by atoms with van der Waals surface area (Å²) in [7, 11) is 1.89. The Morgan fingerprint density at radius 2 is 2.38 bits per heavy atom. The molecule has 0 aliphatic heterocycles. The Morgan fingerprint density at radius 1 is 1.69 bits per heavy atom. The molecule has 0 saturated heterocycles. The highest BCUT2D eigenvalue weighted by atomic mass is 79.9. The normalized spacial score (nSPS) is 9.69. The monoisotopic (exact) mass is 241 g/mol. The smallest absolute Gasteiger partial charge is 0.106 e. The van der Waals surface area contributed by atoms with Crippen LogP contribution in [0.5, 0.6) is 0 Å². The van der Waals surface area contributed by atoms with E-state index in [-0.39, 0.29) is 0 Å². The molecule has 0 radical (unpaired) electrons. The fourth-order valence-corrected chi connectivity index (χ4v) is 1.11. The SMILES string of the molecule is C=C(N)N(C)Cc1ccc(Br)nc1. The average Bonchev–Trinajstić information content (AvgIpc) is 2.08. The molecule has 0 atom stereocenters. The van der Waals surface area contributed by atoms with Gasteiger partial charge in [0, 0.05) is 19.8 Å². The third-order valence-electron chi connectivity index (χ3n) is 1.70. The molecule has 0 amide bonds. The van der Waals surface area contributed by atoms with Crippen LogP contribution in [0.15, 0.2) is 35.3 Å². The van der Waals surface area contributed by atoms with E-state index in [2.05, 4.69) is 27.5 Å². The van der Waals surface area contributed by atoms with Crippen LogP contribution in [0.25, 0.3) is 0 Å². The molecule has 0 aliphatic carbocycles. The van der Waals surface area contributed by atoms with E-state index in [0.29, 0.717) is 5.82 Å². The molecular formula is C9H12BrN3. The van der Waals surface area contributed by atoms with Gasteiger partial charge in [0.1, 0.15) is 4.60 Å². The molecule has 3 nitrogen and oxygen atoms in total. The zero-order valence-corrected chi connectivity index (χ0v) is 9.08. The molecule has 0 bridgehead atoms. The highest BCUT2D eigenvalue weighted by Gasteiger charge is 1.99. The minimum absolute atomic E-state index is 0.558. The van der Waals surface area contributed by atoms with Gasteiger partial charge in [-0.1, -0.05) is 12.6 Å². The van der Waals surface area contributed by atoms with Gasteiger partial charge >= 0.3 is 0 Å². The van der Waals surface area contributed by atoms with Crippen LogP contribution in [0.4, 0.5) is 0 Å². The number of hydrogen-bond donors (Lipinski definition) is 1. The molecule has 1 heterocycles. The van der Waals surface area contributed by atoms with Gasteiger partial charge in [0.25, 0.3) is 0 Å². The Hall–Kier alpha value is -1.03. The Kier molecular flexibility index (Phi) is 3.31. The van der Waals surface area contributed by atoms with Gasteiger partial charge in [-0.05, 0) is 27.6 Å². The summed E-state index contributed by atoms with van der Waals surface area (Å²) in [6.45, 7) is 4.37. The zero-order chi connectivity index (χ0) is 9.84. The van der Waals surface area contributed by atoms with Crippen LogP contribution in [-0.2, 0) is 6.54 Å². The molecule has 1 aromatic heterocycles. The first-order chi connectivity index (χ1) is 6.09. The summed E-state index contributed by atoms with van der Waals surface area (Å²) in [5.74, 6) is 0.558. The van der Waals surface area contributed by atoms with E-state index in [9.17, 15) is 0 Å². The second-order valence-corrected chi connectivity index (χ2v) is 3.65. The summed E-state index contributed by atoms with van der Waals surface area (Å²) < 4.78 is 0.838. The van der Waals surface area contributed by atoms with Gasteiger partial charge in [-0.25, -0.2) is 4.98 Å². The van der Waals surface area contributed by atoms with Crippen molar-refractivity contribution in [2.45, 2.75) is 6.54 Å². The molecule has 0 unspecified atom stereocenters. The lowest BCUT2D eigenvalue weighted by Crippen LogP contribution is -2.21. The van der Waals surface area contributed by atoms with Crippen LogP contribution in [-0.4, -0.2) is 16.9 Å². The maximum Gasteiger partial charge on any atom is 0.106 e. The van der Waals surface area contributed by atoms with Gasteiger partial charge in [-0.3, -0.25) is 0 Å². The Morgan fingerprint density at radius 3 is 2.85 bits per heavy atom. The van der Waals surface area contributed by atoms with Crippen LogP contribution >= 0.6 is 15.9 Å². The molecule has 1 rings (SSSR count). The summed E-state index contributed by atoms with van der Waals surface area (Å²) in [4.78, 5) is 5.98. The Bertz CT molecular complexity index is 294. The summed E-state index contributed by atoms with van der Waals surface area (Å²) in [6, 6.07) is 3.90. The predicted octanol–water partition coefficient (Wildman–Crippen LogP) is 1.71. The maximum absolute atomic E-state index is 5.52. The summed E-state index contributed by atoms with van der Waals surface area (Å²) >= 11 is 3.27. The topological polar surface area (TPSA) is 42.1 Å². The average molecular weight is 242 g/mol. The first kappa shape index (κ1) is 10.1. The minimum atomic E-state index is 0.558. The highest BCUT2D eigenvalue weighted by Crippen LogP contribution is 2.08. The van der Waals surface area contributed by atoms with Gasteiger partial charge in [0.15, 0.2) is 0 Å². The standard InChI is InChI=1S/C9H12BrN3/c1-7(11)13(2)6-8-3-4-9(10)12-5-8/h3-5H,1,6,11H2,2H3. The van der Waals surface area contributed by atoms with Crippen molar-refractivity contribution in [3.63, 3.8) is 0 Å². The number of hydrogen-bond acceptors (Lipinski definition) is 3. The van der Waals surface area contributed by atoms with E-state index in [0.717, 1.165) is 16.7 Å². The van der Waals surface area contributed by atoms with Crippen LogP contribution in [0.3, 0.4) is 0 Å². The number of nitrogens with two attached hydrogens (primary N) is 1. The molecule has 13 heavy (non-hydrogen) atoms. The lowest BCUT2D eigenvalue weighted by molar-refractivity contribution is 0.408. The van der Waals surface area contributed by atoms with Crippen LogP contribution in [0.1, 0.15) is 5.56 Å². The van der Waals surface area contributed by atoms with Crippen molar-refractivity contribution in [1.29, 1.82) is 0 Å². The lowest BCUT2D eigenvalue weighted by atomic mass is 10.3. The van der Waals surface area contributed by atoms with E-state index in [4.69, 9.17) is 5.73 Å². The number of nitrogens with zero attached hydrogens (tertiary/aromatic N) is 2. The maximum atomic E-state index is 5.52. The predicted molar refractivity (Wildman–Crippen MR) is 56.7 cm³/mol. The van der Waals surface area contributed by atoms with Gasteiger partial charge in [-0.15, -0.1) is 0 Å². The molecule has 0 spiro atoms. The summed E-state index contributed by atoms with van der Waals surface area (Å²) in [5.41, 5.74) is 6.62. The molecule has 2 N–H and O–H groups in total. The van der Waals surface area contributed by atoms with Gasteiger partial charge in [0.05, 0.1) is 5.82 Å². The van der Waals surface area contributed by atoms with E-state index in [1.807, 2.05) is 30.3 Å². The van der Waals surface area contributed by atoms with Crippen molar-refractivity contribution in [2.75, 3.05) is 7.05 Å². The van der Waals surface area contributed by atoms with Crippen molar-refractivity contribution in [2.24, 2.45) is 5.73 Å². The van der Waals surface area contributed by atoms with E-state index in [1.54, 1.807) is 0 Å². The summed E-state index contributed by atoms with van der Waals surface area (Å²) in [5, 5.41) is 0. The van der Waals surface area contributed by atoms with Gasteiger partial charge in [0.2, 0.25) is 0 Å². The minimum Gasteiger partial charge on any atom is -0.386 e. The quantitative estimate of drug-likeness (QED) is 0.820. The van der Waals surface area contributed by atoms with Crippen molar-refractivity contribution in [1.82, 2.24) is 9.88 Å². The Labute approximate surface area is 86.4 Å². The fraction of sp³-hybridized carbons (Fsp3) is 0.222. The lowest BCUT2D eigenvalue weighted by Gasteiger charge is -2.17. The third kappa shape index (κ3) is 3.06. The van der Waals surface area contributed by atoms with Crippen molar-refractivity contribution < 1.29 is 0 Å². The number of aromatic nitrogens is 1. The second-order valence-electron chi connectivity index (χ2n) is 2.84. The van der Waals surface area contributed by atoms with E-state index < -0.39 is 0 Å². The molecule has 0 aromatic carbocycles. The summed E-state index contributed by atoms with van der Waals surface area (Å²) in [6.07, 6.45) is 1.81. The number of rotatable bonds is 3. The van der Waals surface area contributed by atoms with Gasteiger partial charge < -0.3 is 10.6 Å². The molecular weight excluding hydrogens is 230 g/mol. The second kappa shape index (κ2) is 4.28. The van der Waals surface area contributed by atoms with Crippen molar-refractivity contribution in [3.8, 4) is 0 Å². The van der Waals surface area contributed by atoms with Crippen molar-refractivity contribution in [3.05, 3.63) is 40.9 Å². The molecule has 0 fully saturated rings. The van der Waals surface area contributed by atoms with E-state index in [1.165, 1.54) is 0 Å². The zero-order valence-electron chi connectivity index (χ0n) is 7.50. The largest absolute Gasteiger partial charge is 0.386 e. The first-order valence-electron chi connectivity index (χ1n) is 3.85. The number of pyridine rings is 1. The molecule has 0 aliphatic rings. The molecule has 4 heteroatoms. The third-order valence-corrected chi connectivity index (χ3v) is 2.17. The van der Waals surface area contributed by atoms with Gasteiger partial charge in [-0.2, -0.15) is 0 Å². The molecule has 1 aromatic rings. The van der Waals surface area contributed by atoms with E-state index >= 15 is 0 Å². The fourth-order valence-electron chi connectivity index (χ4n) is 0.875. The first-order valence-corrected chi connectivity index (χ1v) is 4.65. The van der Waals surface area contributed by atoms with Crippen LogP contribution < -0.4 is 5.73 Å². The van der Waals surface area contributed by atoms with Crippen LogP contribution in [0.2, 0.25) is 0 Å².